The summed E-state index contributed by atoms with van der Waals surface area (Å²) in [6, 6.07) is 0. The molecule has 1 saturated heterocycles. The zero-order valence-corrected chi connectivity index (χ0v) is 10.6. The second kappa shape index (κ2) is 4.02. The molecule has 2 atom stereocenters. The molecule has 0 N–H and O–H groups in total. The minimum Gasteiger partial charge on any atom is -0.282 e. The summed E-state index contributed by atoms with van der Waals surface area (Å²) < 4.78 is 0. The van der Waals surface area contributed by atoms with Crippen molar-refractivity contribution in [1.29, 1.82) is 0 Å². The van der Waals surface area contributed by atoms with Crippen LogP contribution in [0.1, 0.15) is 33.1 Å². The molecule has 0 bridgehead atoms. The molecule has 1 aliphatic heterocycles. The number of carbonyl (C=O) groups excluding carboxylic acids is 2. The summed E-state index contributed by atoms with van der Waals surface area (Å²) in [5.41, 5.74) is -0.0825. The zero-order chi connectivity index (χ0) is 11.9. The number of nitrogens with zero attached hydrogens (tertiary/aromatic N) is 1. The van der Waals surface area contributed by atoms with E-state index in [9.17, 15) is 9.59 Å². The fraction of sp³-hybridized carbons (Fsp3) is 0.833. The first-order valence-corrected chi connectivity index (χ1v) is 6.46. The van der Waals surface area contributed by atoms with Gasteiger partial charge in [-0.3, -0.25) is 14.5 Å². The van der Waals surface area contributed by atoms with Gasteiger partial charge in [-0.2, -0.15) is 0 Å². The fourth-order valence-electron chi connectivity index (χ4n) is 2.77. The van der Waals surface area contributed by atoms with Crippen molar-refractivity contribution in [2.75, 3.05) is 12.4 Å². The Labute approximate surface area is 101 Å². The van der Waals surface area contributed by atoms with E-state index in [2.05, 4.69) is 0 Å². The molecule has 2 unspecified atom stereocenters. The lowest BCUT2D eigenvalue weighted by atomic mass is 10.1. The average Bonchev–Trinajstić information content (AvgIpc) is 2.68. The molecule has 90 valence electrons. The molecule has 1 aliphatic carbocycles. The maximum atomic E-state index is 11.9. The standard InChI is InChI=1S/C12H18ClNO2/c1-12(2)8-9(12)11(16)14(10(8)15)7-5-3-4-6-13/h8-9H,3-7H2,1-2H3. The van der Waals surface area contributed by atoms with Crippen LogP contribution in [0.25, 0.3) is 0 Å². The number of hydrogen-bond donors (Lipinski definition) is 0. The van der Waals surface area contributed by atoms with E-state index < -0.39 is 0 Å². The number of piperidine rings is 1. The molecule has 0 aromatic carbocycles. The van der Waals surface area contributed by atoms with Crippen LogP contribution in [0.15, 0.2) is 0 Å². The molecule has 3 nitrogen and oxygen atoms in total. The molecule has 2 amide bonds. The van der Waals surface area contributed by atoms with Crippen LogP contribution in [0.2, 0.25) is 0 Å². The van der Waals surface area contributed by atoms with Crippen molar-refractivity contribution in [3.05, 3.63) is 0 Å². The van der Waals surface area contributed by atoms with Crippen molar-refractivity contribution in [3.8, 4) is 0 Å². The minimum absolute atomic E-state index is 0.0342. The molecule has 1 heterocycles. The van der Waals surface area contributed by atoms with E-state index in [0.29, 0.717) is 12.4 Å². The molecule has 2 fully saturated rings. The first-order valence-electron chi connectivity index (χ1n) is 5.93. The Kier molecular flexibility index (Phi) is 2.99. The SMILES string of the molecule is CC1(C)C2C(=O)N(CCCCCCl)C(=O)C21. The first-order chi connectivity index (χ1) is 7.51. The third-order valence-corrected chi connectivity index (χ3v) is 4.17. The maximum absolute atomic E-state index is 11.9. The van der Waals surface area contributed by atoms with Crippen LogP contribution >= 0.6 is 11.6 Å². The number of imide groups is 1. The van der Waals surface area contributed by atoms with Gasteiger partial charge in [0, 0.05) is 12.4 Å². The number of alkyl halides is 1. The van der Waals surface area contributed by atoms with E-state index in [0.717, 1.165) is 19.3 Å². The molecule has 0 aromatic rings. The molecule has 16 heavy (non-hydrogen) atoms. The smallest absolute Gasteiger partial charge is 0.233 e. The zero-order valence-electron chi connectivity index (χ0n) is 9.83. The number of likely N-dealkylation sites (tertiary alicyclic amines) is 1. The van der Waals surface area contributed by atoms with Crippen molar-refractivity contribution in [1.82, 2.24) is 4.90 Å². The lowest BCUT2D eigenvalue weighted by Gasteiger charge is -2.20. The summed E-state index contributed by atoms with van der Waals surface area (Å²) in [4.78, 5) is 25.3. The van der Waals surface area contributed by atoms with Gasteiger partial charge in [0.1, 0.15) is 0 Å². The second-order valence-corrected chi connectivity index (χ2v) is 5.73. The number of hydrogen-bond acceptors (Lipinski definition) is 2. The summed E-state index contributed by atoms with van der Waals surface area (Å²) in [6.07, 6.45) is 2.82. The van der Waals surface area contributed by atoms with E-state index in [1.165, 1.54) is 4.90 Å². The average molecular weight is 244 g/mol. The normalized spacial score (nSPS) is 30.8. The predicted octanol–water partition coefficient (Wildman–Crippen LogP) is 2.04. The molecule has 2 aliphatic rings. The van der Waals surface area contributed by atoms with Crippen LogP contribution in [0.5, 0.6) is 0 Å². The lowest BCUT2D eigenvalue weighted by Crippen LogP contribution is -2.36. The Bertz CT molecular complexity index is 303. The minimum atomic E-state index is -0.0825. The number of carbonyl (C=O) groups is 2. The van der Waals surface area contributed by atoms with Crippen molar-refractivity contribution >= 4 is 23.4 Å². The van der Waals surface area contributed by atoms with E-state index in [1.54, 1.807) is 0 Å². The monoisotopic (exact) mass is 243 g/mol. The van der Waals surface area contributed by atoms with Crippen LogP contribution in [0.3, 0.4) is 0 Å². The van der Waals surface area contributed by atoms with Crippen LogP contribution in [-0.2, 0) is 9.59 Å². The molecule has 1 saturated carbocycles. The molecular weight excluding hydrogens is 226 g/mol. The molecular formula is C12H18ClNO2. The molecule has 0 spiro atoms. The third-order valence-electron chi connectivity index (χ3n) is 3.91. The predicted molar refractivity (Wildman–Crippen MR) is 62.1 cm³/mol. The van der Waals surface area contributed by atoms with E-state index in [-0.39, 0.29) is 29.1 Å². The topological polar surface area (TPSA) is 37.4 Å². The van der Waals surface area contributed by atoms with Gasteiger partial charge in [0.25, 0.3) is 0 Å². The Morgan fingerprint density at radius 1 is 1.12 bits per heavy atom. The quantitative estimate of drug-likeness (QED) is 0.421. The lowest BCUT2D eigenvalue weighted by molar-refractivity contribution is -0.143. The Balaban J connectivity index is 1.86. The van der Waals surface area contributed by atoms with Gasteiger partial charge in [0.05, 0.1) is 11.8 Å². The third kappa shape index (κ3) is 1.65. The van der Waals surface area contributed by atoms with Crippen molar-refractivity contribution < 1.29 is 9.59 Å². The molecule has 4 heteroatoms. The second-order valence-electron chi connectivity index (χ2n) is 5.35. The highest BCUT2D eigenvalue weighted by Crippen LogP contribution is 2.63. The van der Waals surface area contributed by atoms with Gasteiger partial charge in [-0.05, 0) is 18.3 Å². The first kappa shape index (κ1) is 11.9. The van der Waals surface area contributed by atoms with Crippen LogP contribution in [0.4, 0.5) is 0 Å². The van der Waals surface area contributed by atoms with Gasteiger partial charge in [-0.1, -0.05) is 20.3 Å². The number of rotatable bonds is 5. The van der Waals surface area contributed by atoms with Crippen molar-refractivity contribution in [3.63, 3.8) is 0 Å². The number of halogens is 1. The van der Waals surface area contributed by atoms with Crippen molar-refractivity contribution in [2.45, 2.75) is 33.1 Å². The number of fused-ring (bicyclic) bond motifs is 1. The molecule has 0 radical (unpaired) electrons. The largest absolute Gasteiger partial charge is 0.282 e. The Hall–Kier alpha value is -0.570. The van der Waals surface area contributed by atoms with Gasteiger partial charge < -0.3 is 0 Å². The fourth-order valence-corrected chi connectivity index (χ4v) is 2.95. The van der Waals surface area contributed by atoms with Gasteiger partial charge in [0.2, 0.25) is 11.8 Å². The van der Waals surface area contributed by atoms with Gasteiger partial charge >= 0.3 is 0 Å². The van der Waals surface area contributed by atoms with E-state index >= 15 is 0 Å². The van der Waals surface area contributed by atoms with Crippen molar-refractivity contribution in [2.24, 2.45) is 17.3 Å². The molecule has 2 rings (SSSR count). The maximum Gasteiger partial charge on any atom is 0.233 e. The van der Waals surface area contributed by atoms with E-state index in [1.807, 2.05) is 13.8 Å². The summed E-state index contributed by atoms with van der Waals surface area (Å²) in [5.74, 6) is 0.679. The Morgan fingerprint density at radius 2 is 1.69 bits per heavy atom. The Morgan fingerprint density at radius 3 is 2.19 bits per heavy atom. The van der Waals surface area contributed by atoms with Gasteiger partial charge in [-0.25, -0.2) is 0 Å². The number of amides is 2. The molecule has 0 aromatic heterocycles. The number of unbranched alkanes of at least 4 members (excludes halogenated alkanes) is 2. The van der Waals surface area contributed by atoms with Gasteiger partial charge in [0.15, 0.2) is 0 Å². The summed E-state index contributed by atoms with van der Waals surface area (Å²) in [6.45, 7) is 4.59. The summed E-state index contributed by atoms with van der Waals surface area (Å²) >= 11 is 5.57. The highest BCUT2D eigenvalue weighted by molar-refractivity contribution is 6.17. The highest BCUT2D eigenvalue weighted by atomic mass is 35.5. The van der Waals surface area contributed by atoms with E-state index in [4.69, 9.17) is 11.6 Å². The van der Waals surface area contributed by atoms with Gasteiger partial charge in [-0.15, -0.1) is 11.6 Å². The van der Waals surface area contributed by atoms with Crippen LogP contribution < -0.4 is 0 Å². The van der Waals surface area contributed by atoms with Crippen LogP contribution in [0, 0.1) is 17.3 Å². The summed E-state index contributed by atoms with van der Waals surface area (Å²) in [5, 5.41) is 0. The highest BCUT2D eigenvalue weighted by Gasteiger charge is 2.72. The van der Waals surface area contributed by atoms with Crippen LogP contribution in [-0.4, -0.2) is 29.1 Å². The summed E-state index contributed by atoms with van der Waals surface area (Å²) in [7, 11) is 0.